The fraction of sp³-hybridized carbons (Fsp3) is 0.222. The van der Waals surface area contributed by atoms with Gasteiger partial charge in [-0.05, 0) is 19.1 Å². The standard InChI is InChI=1S/C18H17N5O2S2/c1-11(17-21-13-4-2-3-5-14(13)22-17)19-15(24)10-26-9-12-8-16(25)23-6-7-27-18(23)20-12/h2-8,11H,9-10H2,1H3,(H,19,24)(H,21,22). The predicted octanol–water partition coefficient (Wildman–Crippen LogP) is 2.74. The Morgan fingerprint density at radius 3 is 3.07 bits per heavy atom. The number of aromatic amines is 1. The molecule has 1 atom stereocenters. The molecule has 3 heterocycles. The van der Waals surface area contributed by atoms with Crippen molar-refractivity contribution in [3.63, 3.8) is 0 Å². The topological polar surface area (TPSA) is 92.2 Å². The van der Waals surface area contributed by atoms with Crippen molar-refractivity contribution < 1.29 is 4.79 Å². The summed E-state index contributed by atoms with van der Waals surface area (Å²) < 4.78 is 1.51. The summed E-state index contributed by atoms with van der Waals surface area (Å²) in [6, 6.07) is 9.06. The zero-order chi connectivity index (χ0) is 18.8. The Kier molecular flexibility index (Phi) is 4.95. The van der Waals surface area contributed by atoms with Crippen LogP contribution in [0, 0.1) is 0 Å². The van der Waals surface area contributed by atoms with E-state index in [1.54, 1.807) is 6.20 Å². The van der Waals surface area contributed by atoms with Gasteiger partial charge in [-0.2, -0.15) is 0 Å². The molecule has 1 unspecified atom stereocenters. The molecule has 0 bridgehead atoms. The van der Waals surface area contributed by atoms with Gasteiger partial charge in [-0.1, -0.05) is 12.1 Å². The highest BCUT2D eigenvalue weighted by atomic mass is 32.2. The monoisotopic (exact) mass is 399 g/mol. The van der Waals surface area contributed by atoms with Gasteiger partial charge in [0.25, 0.3) is 5.56 Å². The van der Waals surface area contributed by atoms with Crippen molar-refractivity contribution in [1.82, 2.24) is 24.7 Å². The van der Waals surface area contributed by atoms with E-state index in [0.717, 1.165) is 16.9 Å². The molecule has 2 N–H and O–H groups in total. The maximum atomic E-state index is 12.2. The molecule has 1 amide bonds. The van der Waals surface area contributed by atoms with E-state index < -0.39 is 0 Å². The smallest absolute Gasteiger partial charge is 0.258 e. The third-order valence-electron chi connectivity index (χ3n) is 4.03. The number of nitrogens with one attached hydrogen (secondary N) is 2. The molecule has 1 aromatic carbocycles. The average Bonchev–Trinajstić information content (AvgIpc) is 3.28. The third kappa shape index (κ3) is 3.88. The minimum absolute atomic E-state index is 0.0816. The maximum absolute atomic E-state index is 12.2. The van der Waals surface area contributed by atoms with Crippen LogP contribution in [0.1, 0.15) is 24.5 Å². The van der Waals surface area contributed by atoms with E-state index >= 15 is 0 Å². The van der Waals surface area contributed by atoms with Crippen molar-refractivity contribution in [2.75, 3.05) is 5.75 Å². The van der Waals surface area contributed by atoms with E-state index in [4.69, 9.17) is 0 Å². The van der Waals surface area contributed by atoms with Crippen molar-refractivity contribution in [3.8, 4) is 0 Å². The first kappa shape index (κ1) is 17.7. The number of amides is 1. The molecule has 0 aliphatic carbocycles. The first-order chi connectivity index (χ1) is 13.1. The normalized spacial score (nSPS) is 12.5. The Hall–Kier alpha value is -2.65. The van der Waals surface area contributed by atoms with Gasteiger partial charge in [0.2, 0.25) is 5.91 Å². The van der Waals surface area contributed by atoms with Gasteiger partial charge in [0.15, 0.2) is 4.96 Å². The van der Waals surface area contributed by atoms with Crippen LogP contribution in [0.3, 0.4) is 0 Å². The van der Waals surface area contributed by atoms with Gasteiger partial charge in [-0.15, -0.1) is 23.1 Å². The molecule has 9 heteroatoms. The molecule has 0 fully saturated rings. The Morgan fingerprint density at radius 2 is 2.22 bits per heavy atom. The van der Waals surface area contributed by atoms with E-state index in [-0.39, 0.29) is 23.3 Å². The number of carbonyl (C=O) groups excluding carboxylic acids is 1. The van der Waals surface area contributed by atoms with Crippen molar-refractivity contribution in [2.24, 2.45) is 0 Å². The zero-order valence-corrected chi connectivity index (χ0v) is 16.1. The van der Waals surface area contributed by atoms with Gasteiger partial charge in [0, 0.05) is 23.4 Å². The summed E-state index contributed by atoms with van der Waals surface area (Å²) in [5.74, 6) is 1.45. The van der Waals surface area contributed by atoms with Gasteiger partial charge in [0.05, 0.1) is 28.5 Å². The highest BCUT2D eigenvalue weighted by molar-refractivity contribution is 7.99. The van der Waals surface area contributed by atoms with Crippen molar-refractivity contribution in [2.45, 2.75) is 18.7 Å². The van der Waals surface area contributed by atoms with Crippen LogP contribution in [0.25, 0.3) is 16.0 Å². The zero-order valence-electron chi connectivity index (χ0n) is 14.5. The quantitative estimate of drug-likeness (QED) is 0.520. The summed E-state index contributed by atoms with van der Waals surface area (Å²) in [7, 11) is 0. The number of thioether (sulfide) groups is 1. The predicted molar refractivity (Wildman–Crippen MR) is 108 cm³/mol. The summed E-state index contributed by atoms with van der Waals surface area (Å²) in [5, 5.41) is 4.77. The van der Waals surface area contributed by atoms with E-state index in [1.165, 1.54) is 33.6 Å². The fourth-order valence-electron chi connectivity index (χ4n) is 2.74. The van der Waals surface area contributed by atoms with Crippen LogP contribution in [-0.4, -0.2) is 31.0 Å². The number of thiazole rings is 1. The molecule has 4 aromatic rings. The second kappa shape index (κ2) is 7.53. The lowest BCUT2D eigenvalue weighted by Gasteiger charge is -2.11. The highest BCUT2D eigenvalue weighted by Crippen LogP contribution is 2.16. The number of benzene rings is 1. The molecular weight excluding hydrogens is 382 g/mol. The summed E-state index contributed by atoms with van der Waals surface area (Å²) in [6.45, 7) is 1.90. The lowest BCUT2D eigenvalue weighted by molar-refractivity contribution is -0.119. The molecule has 0 spiro atoms. The molecule has 0 aliphatic rings. The Labute approximate surface area is 162 Å². The van der Waals surface area contributed by atoms with Gasteiger partial charge in [-0.3, -0.25) is 14.0 Å². The maximum Gasteiger partial charge on any atom is 0.258 e. The van der Waals surface area contributed by atoms with Gasteiger partial charge in [0.1, 0.15) is 5.82 Å². The first-order valence-corrected chi connectivity index (χ1v) is 10.4. The minimum Gasteiger partial charge on any atom is -0.346 e. The van der Waals surface area contributed by atoms with Crippen LogP contribution in [0.15, 0.2) is 46.7 Å². The lowest BCUT2D eigenvalue weighted by atomic mass is 10.3. The fourth-order valence-corrected chi connectivity index (χ4v) is 4.21. The molecule has 0 radical (unpaired) electrons. The number of aromatic nitrogens is 4. The third-order valence-corrected chi connectivity index (χ3v) is 5.76. The molecular formula is C18H17N5O2S2. The van der Waals surface area contributed by atoms with Crippen molar-refractivity contribution in [3.05, 3.63) is 63.8 Å². The number of imidazole rings is 1. The number of hydrogen-bond donors (Lipinski definition) is 2. The molecule has 0 aliphatic heterocycles. The number of rotatable bonds is 6. The number of nitrogens with zero attached hydrogens (tertiary/aromatic N) is 3. The van der Waals surface area contributed by atoms with E-state index in [1.807, 2.05) is 36.6 Å². The summed E-state index contributed by atoms with van der Waals surface area (Å²) in [4.78, 5) is 37.0. The number of hydrogen-bond acceptors (Lipinski definition) is 6. The Morgan fingerprint density at radius 1 is 1.37 bits per heavy atom. The second-order valence-electron chi connectivity index (χ2n) is 6.06. The summed E-state index contributed by atoms with van der Waals surface area (Å²) in [6.07, 6.45) is 1.71. The average molecular weight is 400 g/mol. The van der Waals surface area contributed by atoms with Crippen LogP contribution < -0.4 is 10.9 Å². The molecule has 7 nitrogen and oxygen atoms in total. The highest BCUT2D eigenvalue weighted by Gasteiger charge is 2.14. The number of fused-ring (bicyclic) bond motifs is 2. The molecule has 4 rings (SSSR count). The van der Waals surface area contributed by atoms with Gasteiger partial charge < -0.3 is 10.3 Å². The molecule has 0 saturated heterocycles. The van der Waals surface area contributed by atoms with Crippen molar-refractivity contribution in [1.29, 1.82) is 0 Å². The van der Waals surface area contributed by atoms with Gasteiger partial charge in [-0.25, -0.2) is 9.97 Å². The molecule has 27 heavy (non-hydrogen) atoms. The van der Waals surface area contributed by atoms with Crippen LogP contribution in [0.2, 0.25) is 0 Å². The number of carbonyl (C=O) groups is 1. The van der Waals surface area contributed by atoms with E-state index in [0.29, 0.717) is 16.4 Å². The largest absolute Gasteiger partial charge is 0.346 e. The van der Waals surface area contributed by atoms with Crippen molar-refractivity contribution >= 4 is 45.0 Å². The van der Waals surface area contributed by atoms with Crippen LogP contribution in [0.5, 0.6) is 0 Å². The van der Waals surface area contributed by atoms with Crippen LogP contribution in [0.4, 0.5) is 0 Å². The number of para-hydroxylation sites is 2. The lowest BCUT2D eigenvalue weighted by Crippen LogP contribution is -2.28. The molecule has 3 aromatic heterocycles. The second-order valence-corrected chi connectivity index (χ2v) is 7.92. The Bertz CT molecular complexity index is 1130. The van der Waals surface area contributed by atoms with Gasteiger partial charge >= 0.3 is 0 Å². The van der Waals surface area contributed by atoms with Crippen LogP contribution in [-0.2, 0) is 10.5 Å². The van der Waals surface area contributed by atoms with Crippen LogP contribution >= 0.6 is 23.1 Å². The van der Waals surface area contributed by atoms with E-state index in [9.17, 15) is 9.59 Å². The number of H-pyrrole nitrogens is 1. The Balaban J connectivity index is 1.32. The first-order valence-electron chi connectivity index (χ1n) is 8.38. The SMILES string of the molecule is CC(NC(=O)CSCc1cc(=O)n2ccsc2n1)c1nc2ccccc2[nH]1. The molecule has 0 saturated carbocycles. The molecule has 138 valence electrons. The summed E-state index contributed by atoms with van der Waals surface area (Å²) >= 11 is 2.84. The minimum atomic E-state index is -0.212. The summed E-state index contributed by atoms with van der Waals surface area (Å²) in [5.41, 5.74) is 2.42. The van der Waals surface area contributed by atoms with E-state index in [2.05, 4.69) is 20.3 Å².